The quantitative estimate of drug-likeness (QED) is 0.742. The van der Waals surface area contributed by atoms with Gasteiger partial charge in [-0.2, -0.15) is 0 Å². The molecule has 0 saturated carbocycles. The van der Waals surface area contributed by atoms with Crippen LogP contribution in [0, 0.1) is 5.92 Å². The van der Waals surface area contributed by atoms with E-state index in [-0.39, 0.29) is 12.8 Å². The fourth-order valence-corrected chi connectivity index (χ4v) is 3.62. The molecule has 4 rings (SSSR count). The molecule has 1 aromatic heterocycles. The van der Waals surface area contributed by atoms with Gasteiger partial charge < -0.3 is 19.1 Å². The van der Waals surface area contributed by atoms with E-state index in [1.165, 1.54) is 7.11 Å². The Morgan fingerprint density at radius 1 is 1.30 bits per heavy atom. The molecule has 0 bridgehead atoms. The minimum atomic E-state index is -0.156. The first-order valence-electron chi connectivity index (χ1n) is 8.88. The maximum Gasteiger partial charge on any atom is 0.305 e. The molecule has 0 aliphatic carbocycles. The molecular formula is C19H20ClN3O4. The average Bonchev–Trinajstić information content (AvgIpc) is 3.16. The third-order valence-electron chi connectivity index (χ3n) is 4.97. The minimum Gasteiger partial charge on any atom is -0.469 e. The Morgan fingerprint density at radius 2 is 2.07 bits per heavy atom. The Balaban J connectivity index is 1.57. The summed E-state index contributed by atoms with van der Waals surface area (Å²) in [4.78, 5) is 22.7. The molecular weight excluding hydrogens is 370 g/mol. The number of ether oxygens (including phenoxy) is 3. The SMILES string of the molecule is COC(=O)CC1CCN(c2nc(Cl)cnc2-c2ccc3c(c2)OCO3)CC1. The first-order chi connectivity index (χ1) is 13.1. The lowest BCUT2D eigenvalue weighted by Crippen LogP contribution is -2.35. The molecule has 1 fully saturated rings. The summed E-state index contributed by atoms with van der Waals surface area (Å²) in [6.45, 7) is 1.80. The number of carbonyl (C=O) groups is 1. The van der Waals surface area contributed by atoms with Crippen LogP contribution in [-0.2, 0) is 9.53 Å². The molecule has 27 heavy (non-hydrogen) atoms. The van der Waals surface area contributed by atoms with E-state index in [0.717, 1.165) is 48.8 Å². The third kappa shape index (κ3) is 3.78. The second-order valence-corrected chi connectivity index (χ2v) is 7.03. The van der Waals surface area contributed by atoms with Gasteiger partial charge >= 0.3 is 5.97 Å². The number of anilines is 1. The van der Waals surface area contributed by atoms with Crippen LogP contribution in [0.2, 0.25) is 5.15 Å². The monoisotopic (exact) mass is 389 g/mol. The molecule has 142 valence electrons. The number of aromatic nitrogens is 2. The van der Waals surface area contributed by atoms with Crippen LogP contribution < -0.4 is 14.4 Å². The highest BCUT2D eigenvalue weighted by atomic mass is 35.5. The number of nitrogens with zero attached hydrogens (tertiary/aromatic N) is 3. The number of hydrogen-bond donors (Lipinski definition) is 0. The highest BCUT2D eigenvalue weighted by Gasteiger charge is 2.26. The Labute approximate surface area is 162 Å². The topological polar surface area (TPSA) is 73.8 Å². The van der Waals surface area contributed by atoms with Crippen molar-refractivity contribution in [1.29, 1.82) is 0 Å². The van der Waals surface area contributed by atoms with Crippen molar-refractivity contribution in [1.82, 2.24) is 9.97 Å². The number of carbonyl (C=O) groups excluding carboxylic acids is 1. The number of hydrogen-bond acceptors (Lipinski definition) is 7. The summed E-state index contributed by atoms with van der Waals surface area (Å²) in [7, 11) is 1.43. The molecule has 0 spiro atoms. The van der Waals surface area contributed by atoms with Crippen LogP contribution in [0.1, 0.15) is 19.3 Å². The largest absolute Gasteiger partial charge is 0.469 e. The van der Waals surface area contributed by atoms with E-state index in [2.05, 4.69) is 14.9 Å². The molecule has 0 atom stereocenters. The molecule has 1 saturated heterocycles. The van der Waals surface area contributed by atoms with Crippen LogP contribution in [0.3, 0.4) is 0 Å². The van der Waals surface area contributed by atoms with Gasteiger partial charge in [0.25, 0.3) is 0 Å². The highest BCUT2D eigenvalue weighted by Crippen LogP contribution is 2.38. The molecule has 8 heteroatoms. The first kappa shape index (κ1) is 17.9. The zero-order chi connectivity index (χ0) is 18.8. The molecule has 1 aromatic carbocycles. The Kier molecular flexibility index (Phi) is 5.03. The Bertz CT molecular complexity index is 853. The van der Waals surface area contributed by atoms with Gasteiger partial charge in [0.2, 0.25) is 6.79 Å². The maximum absolute atomic E-state index is 11.5. The standard InChI is InChI=1S/C19H20ClN3O4/c1-25-17(24)8-12-4-6-23(7-5-12)19-18(21-10-16(20)22-19)13-2-3-14-15(9-13)27-11-26-14/h2-3,9-10,12H,4-8,11H2,1H3. The van der Waals surface area contributed by atoms with Gasteiger partial charge in [-0.15, -0.1) is 0 Å². The van der Waals surface area contributed by atoms with Crippen molar-refractivity contribution >= 4 is 23.4 Å². The van der Waals surface area contributed by atoms with Gasteiger partial charge in [0.05, 0.1) is 13.3 Å². The summed E-state index contributed by atoms with van der Waals surface area (Å²) in [6, 6.07) is 5.73. The van der Waals surface area contributed by atoms with Crippen molar-refractivity contribution in [3.63, 3.8) is 0 Å². The molecule has 0 amide bonds. The molecule has 7 nitrogen and oxygen atoms in total. The minimum absolute atomic E-state index is 0.156. The van der Waals surface area contributed by atoms with Gasteiger partial charge in [0.1, 0.15) is 10.8 Å². The summed E-state index contributed by atoms with van der Waals surface area (Å²) < 4.78 is 15.6. The van der Waals surface area contributed by atoms with Crippen LogP contribution in [0.15, 0.2) is 24.4 Å². The van der Waals surface area contributed by atoms with Crippen molar-refractivity contribution in [2.75, 3.05) is 31.9 Å². The highest BCUT2D eigenvalue weighted by molar-refractivity contribution is 6.29. The van der Waals surface area contributed by atoms with Crippen molar-refractivity contribution in [3.05, 3.63) is 29.5 Å². The van der Waals surface area contributed by atoms with E-state index < -0.39 is 0 Å². The zero-order valence-electron chi connectivity index (χ0n) is 15.0. The summed E-state index contributed by atoms with van der Waals surface area (Å²) in [5.41, 5.74) is 1.65. The van der Waals surface area contributed by atoms with E-state index in [4.69, 9.17) is 25.8 Å². The Hall–Kier alpha value is -2.54. The molecule has 0 radical (unpaired) electrons. The zero-order valence-corrected chi connectivity index (χ0v) is 15.7. The van der Waals surface area contributed by atoms with E-state index >= 15 is 0 Å². The average molecular weight is 390 g/mol. The summed E-state index contributed by atoms with van der Waals surface area (Å²) in [5.74, 6) is 2.35. The van der Waals surface area contributed by atoms with E-state index in [1.54, 1.807) is 6.20 Å². The van der Waals surface area contributed by atoms with Crippen molar-refractivity contribution in [2.24, 2.45) is 5.92 Å². The summed E-state index contributed by atoms with van der Waals surface area (Å²) >= 11 is 6.13. The van der Waals surface area contributed by atoms with E-state index in [9.17, 15) is 4.79 Å². The van der Waals surface area contributed by atoms with Crippen molar-refractivity contribution < 1.29 is 19.0 Å². The Morgan fingerprint density at radius 3 is 2.85 bits per heavy atom. The van der Waals surface area contributed by atoms with Gasteiger partial charge in [-0.25, -0.2) is 9.97 Å². The third-order valence-corrected chi connectivity index (χ3v) is 5.15. The number of benzene rings is 1. The summed E-state index contributed by atoms with van der Waals surface area (Å²) in [6.07, 6.45) is 3.79. The van der Waals surface area contributed by atoms with Crippen LogP contribution in [-0.4, -0.2) is 42.9 Å². The molecule has 3 heterocycles. The predicted molar refractivity (Wildman–Crippen MR) is 100 cm³/mol. The van der Waals surface area contributed by atoms with Gasteiger partial charge in [-0.1, -0.05) is 11.6 Å². The fraction of sp³-hybridized carbons (Fsp3) is 0.421. The number of fused-ring (bicyclic) bond motifs is 1. The van der Waals surface area contributed by atoms with Crippen molar-refractivity contribution in [2.45, 2.75) is 19.3 Å². The van der Waals surface area contributed by atoms with Gasteiger partial charge in [0, 0.05) is 25.1 Å². The molecule has 2 aliphatic heterocycles. The lowest BCUT2D eigenvalue weighted by molar-refractivity contribution is -0.141. The molecule has 2 aliphatic rings. The van der Waals surface area contributed by atoms with E-state index in [1.807, 2.05) is 18.2 Å². The summed E-state index contributed by atoms with van der Waals surface area (Å²) in [5, 5.41) is 0.353. The number of piperidine rings is 1. The number of methoxy groups -OCH3 is 1. The molecule has 2 aromatic rings. The first-order valence-corrected chi connectivity index (χ1v) is 9.26. The second-order valence-electron chi connectivity index (χ2n) is 6.64. The van der Waals surface area contributed by atoms with Crippen LogP contribution >= 0.6 is 11.6 Å². The van der Waals surface area contributed by atoms with Gasteiger partial charge in [-0.3, -0.25) is 4.79 Å². The molecule has 0 N–H and O–H groups in total. The smallest absolute Gasteiger partial charge is 0.305 e. The van der Waals surface area contributed by atoms with Crippen LogP contribution in [0.5, 0.6) is 11.5 Å². The number of esters is 1. The van der Waals surface area contributed by atoms with Crippen molar-refractivity contribution in [3.8, 4) is 22.8 Å². The van der Waals surface area contributed by atoms with Crippen LogP contribution in [0.25, 0.3) is 11.3 Å². The number of rotatable bonds is 4. The molecule has 0 unspecified atom stereocenters. The predicted octanol–water partition coefficient (Wildman–Crippen LogP) is 3.31. The number of halogens is 1. The van der Waals surface area contributed by atoms with Crippen LogP contribution in [0.4, 0.5) is 5.82 Å². The maximum atomic E-state index is 11.5. The lowest BCUT2D eigenvalue weighted by Gasteiger charge is -2.33. The second kappa shape index (κ2) is 7.60. The van der Waals surface area contributed by atoms with Gasteiger partial charge in [0.15, 0.2) is 17.3 Å². The normalized spacial score (nSPS) is 16.4. The van der Waals surface area contributed by atoms with E-state index in [0.29, 0.717) is 23.2 Å². The fourth-order valence-electron chi connectivity index (χ4n) is 3.49. The lowest BCUT2D eigenvalue weighted by atomic mass is 9.93. The van der Waals surface area contributed by atoms with Gasteiger partial charge in [-0.05, 0) is 37.0 Å².